The van der Waals surface area contributed by atoms with Crippen molar-refractivity contribution in [3.05, 3.63) is 62.6 Å². The topological polar surface area (TPSA) is 35.2 Å². The van der Waals surface area contributed by atoms with Crippen molar-refractivity contribution in [2.24, 2.45) is 5.73 Å². The van der Waals surface area contributed by atoms with Crippen LogP contribution in [0.3, 0.4) is 0 Å². The van der Waals surface area contributed by atoms with E-state index in [1.165, 1.54) is 16.7 Å². The van der Waals surface area contributed by atoms with E-state index in [9.17, 15) is 0 Å². The predicted octanol–water partition coefficient (Wildman–Crippen LogP) is 4.90. The molecule has 0 aliphatic heterocycles. The first-order valence-electron chi connectivity index (χ1n) is 7.25. The summed E-state index contributed by atoms with van der Waals surface area (Å²) in [6.45, 7) is 4.79. The van der Waals surface area contributed by atoms with Crippen molar-refractivity contribution in [3.8, 4) is 5.75 Å². The second-order valence-electron chi connectivity index (χ2n) is 5.59. The molecule has 2 rings (SSSR count). The summed E-state index contributed by atoms with van der Waals surface area (Å²) in [7, 11) is 1.56. The number of rotatable bonds is 5. The molecule has 2 aromatic rings. The molecule has 1 atom stereocenters. The van der Waals surface area contributed by atoms with Crippen molar-refractivity contribution in [3.63, 3.8) is 0 Å². The van der Waals surface area contributed by atoms with Crippen LogP contribution in [0.15, 0.2) is 30.3 Å². The standard InChI is InChI=1S/C18H21Cl2NO/c1-11-4-5-15(12(2)6-11)14(10-21)7-13-8-16(19)18(22-3)17(20)9-13/h4-6,8-9,14H,7,10,21H2,1-3H3. The van der Waals surface area contributed by atoms with Crippen LogP contribution < -0.4 is 10.5 Å². The second kappa shape index (κ2) is 7.36. The quantitative estimate of drug-likeness (QED) is 0.841. The van der Waals surface area contributed by atoms with Gasteiger partial charge in [-0.3, -0.25) is 0 Å². The van der Waals surface area contributed by atoms with Gasteiger partial charge >= 0.3 is 0 Å². The highest BCUT2D eigenvalue weighted by Gasteiger charge is 2.16. The van der Waals surface area contributed by atoms with Gasteiger partial charge in [0.1, 0.15) is 0 Å². The number of aryl methyl sites for hydroxylation is 2. The van der Waals surface area contributed by atoms with E-state index < -0.39 is 0 Å². The van der Waals surface area contributed by atoms with Gasteiger partial charge < -0.3 is 10.5 Å². The fourth-order valence-corrected chi connectivity index (χ4v) is 3.50. The van der Waals surface area contributed by atoms with Crippen LogP contribution in [-0.4, -0.2) is 13.7 Å². The largest absolute Gasteiger partial charge is 0.494 e. The highest BCUT2D eigenvalue weighted by atomic mass is 35.5. The molecular formula is C18H21Cl2NO. The van der Waals surface area contributed by atoms with Crippen LogP contribution in [0.25, 0.3) is 0 Å². The first kappa shape index (κ1) is 17.1. The fourth-order valence-electron chi connectivity index (χ4n) is 2.81. The van der Waals surface area contributed by atoms with Gasteiger partial charge in [0.15, 0.2) is 5.75 Å². The maximum atomic E-state index is 6.22. The highest BCUT2D eigenvalue weighted by Crippen LogP contribution is 2.35. The van der Waals surface area contributed by atoms with Crippen LogP contribution >= 0.6 is 23.2 Å². The Bertz CT molecular complexity index is 647. The summed E-state index contributed by atoms with van der Waals surface area (Å²) in [6, 6.07) is 10.3. The molecule has 0 bridgehead atoms. The molecule has 0 heterocycles. The molecule has 2 nitrogen and oxygen atoms in total. The molecule has 118 valence electrons. The molecular weight excluding hydrogens is 317 g/mol. The number of methoxy groups -OCH3 is 1. The Morgan fingerprint density at radius 1 is 1.09 bits per heavy atom. The van der Waals surface area contributed by atoms with Crippen molar-refractivity contribution in [2.75, 3.05) is 13.7 Å². The maximum Gasteiger partial charge on any atom is 0.156 e. The number of nitrogens with two attached hydrogens (primary N) is 1. The lowest BCUT2D eigenvalue weighted by molar-refractivity contribution is 0.415. The summed E-state index contributed by atoms with van der Waals surface area (Å²) in [5.74, 6) is 0.754. The summed E-state index contributed by atoms with van der Waals surface area (Å²) in [6.07, 6.45) is 0.795. The fraction of sp³-hybridized carbons (Fsp3) is 0.333. The smallest absolute Gasteiger partial charge is 0.156 e. The summed E-state index contributed by atoms with van der Waals surface area (Å²) >= 11 is 12.4. The van der Waals surface area contributed by atoms with Gasteiger partial charge in [-0.15, -0.1) is 0 Å². The molecule has 0 aromatic heterocycles. The Morgan fingerprint density at radius 2 is 1.73 bits per heavy atom. The van der Waals surface area contributed by atoms with Crippen LogP contribution in [0.4, 0.5) is 0 Å². The van der Waals surface area contributed by atoms with E-state index in [0.717, 1.165) is 12.0 Å². The number of hydrogen-bond acceptors (Lipinski definition) is 2. The number of ether oxygens (including phenoxy) is 1. The Morgan fingerprint density at radius 3 is 2.23 bits per heavy atom. The number of hydrogen-bond donors (Lipinski definition) is 1. The average Bonchev–Trinajstić information content (AvgIpc) is 2.45. The maximum absolute atomic E-state index is 6.22. The Hall–Kier alpha value is -1.22. The third kappa shape index (κ3) is 3.75. The lowest BCUT2D eigenvalue weighted by atomic mass is 9.88. The SMILES string of the molecule is COc1c(Cl)cc(CC(CN)c2ccc(C)cc2C)cc1Cl. The van der Waals surface area contributed by atoms with E-state index >= 15 is 0 Å². The zero-order valence-electron chi connectivity index (χ0n) is 13.1. The van der Waals surface area contributed by atoms with E-state index in [1.807, 2.05) is 12.1 Å². The molecule has 0 saturated heterocycles. The van der Waals surface area contributed by atoms with Crippen molar-refractivity contribution < 1.29 is 4.74 Å². The molecule has 2 N–H and O–H groups in total. The van der Waals surface area contributed by atoms with Gasteiger partial charge in [-0.05, 0) is 55.6 Å². The van der Waals surface area contributed by atoms with Gasteiger partial charge in [0, 0.05) is 5.92 Å². The molecule has 4 heteroatoms. The molecule has 0 saturated carbocycles. The third-order valence-electron chi connectivity index (χ3n) is 3.89. The Balaban J connectivity index is 2.31. The number of halogens is 2. The van der Waals surface area contributed by atoms with Crippen LogP contribution in [0.5, 0.6) is 5.75 Å². The number of benzene rings is 2. The van der Waals surface area contributed by atoms with Gasteiger partial charge in [0.2, 0.25) is 0 Å². The zero-order chi connectivity index (χ0) is 16.3. The van der Waals surface area contributed by atoms with E-state index in [4.69, 9.17) is 33.7 Å². The second-order valence-corrected chi connectivity index (χ2v) is 6.40. The van der Waals surface area contributed by atoms with E-state index in [0.29, 0.717) is 22.3 Å². The molecule has 0 amide bonds. The first-order chi connectivity index (χ1) is 10.5. The minimum atomic E-state index is 0.237. The van der Waals surface area contributed by atoms with Gasteiger partial charge in [-0.1, -0.05) is 47.0 Å². The normalized spacial score (nSPS) is 12.3. The summed E-state index contributed by atoms with van der Waals surface area (Å²) in [5.41, 5.74) is 10.9. The molecule has 2 aromatic carbocycles. The lowest BCUT2D eigenvalue weighted by Crippen LogP contribution is -2.16. The first-order valence-corrected chi connectivity index (χ1v) is 8.01. The summed E-state index contributed by atoms with van der Waals surface area (Å²) in [4.78, 5) is 0. The predicted molar refractivity (Wildman–Crippen MR) is 94.4 cm³/mol. The zero-order valence-corrected chi connectivity index (χ0v) is 14.6. The Labute approximate surface area is 142 Å². The van der Waals surface area contributed by atoms with Crippen molar-refractivity contribution >= 4 is 23.2 Å². The van der Waals surface area contributed by atoms with Gasteiger partial charge in [-0.25, -0.2) is 0 Å². The van der Waals surface area contributed by atoms with Crippen LogP contribution in [0, 0.1) is 13.8 Å². The van der Waals surface area contributed by atoms with E-state index in [1.54, 1.807) is 7.11 Å². The highest BCUT2D eigenvalue weighted by molar-refractivity contribution is 6.37. The van der Waals surface area contributed by atoms with Crippen molar-refractivity contribution in [1.29, 1.82) is 0 Å². The summed E-state index contributed by atoms with van der Waals surface area (Å²) in [5, 5.41) is 1.06. The van der Waals surface area contributed by atoms with Crippen molar-refractivity contribution in [1.82, 2.24) is 0 Å². The molecule has 0 aliphatic rings. The third-order valence-corrected chi connectivity index (χ3v) is 4.46. The van der Waals surface area contributed by atoms with Gasteiger partial charge in [0.25, 0.3) is 0 Å². The molecule has 0 fully saturated rings. The van der Waals surface area contributed by atoms with E-state index in [2.05, 4.69) is 32.0 Å². The van der Waals surface area contributed by atoms with Crippen LogP contribution in [0.2, 0.25) is 10.0 Å². The molecule has 1 unspecified atom stereocenters. The minimum absolute atomic E-state index is 0.237. The monoisotopic (exact) mass is 337 g/mol. The molecule has 0 spiro atoms. The molecule has 0 aliphatic carbocycles. The molecule has 22 heavy (non-hydrogen) atoms. The van der Waals surface area contributed by atoms with Gasteiger partial charge in [0.05, 0.1) is 17.2 Å². The van der Waals surface area contributed by atoms with E-state index in [-0.39, 0.29) is 5.92 Å². The molecule has 0 radical (unpaired) electrons. The summed E-state index contributed by atoms with van der Waals surface area (Å²) < 4.78 is 5.19. The Kier molecular flexibility index (Phi) is 5.74. The lowest BCUT2D eigenvalue weighted by Gasteiger charge is -2.19. The average molecular weight is 338 g/mol. The van der Waals surface area contributed by atoms with Crippen LogP contribution in [-0.2, 0) is 6.42 Å². The minimum Gasteiger partial charge on any atom is -0.494 e. The van der Waals surface area contributed by atoms with Crippen molar-refractivity contribution in [2.45, 2.75) is 26.2 Å². The van der Waals surface area contributed by atoms with Crippen LogP contribution in [0.1, 0.15) is 28.2 Å². The van der Waals surface area contributed by atoms with Gasteiger partial charge in [-0.2, -0.15) is 0 Å².